The highest BCUT2D eigenvalue weighted by Gasteiger charge is 2.12. The number of hydrogen-bond acceptors (Lipinski definition) is 6. The summed E-state index contributed by atoms with van der Waals surface area (Å²) in [5.41, 5.74) is 0. The maximum atomic E-state index is 12.0. The maximum absolute atomic E-state index is 12.0. The van der Waals surface area contributed by atoms with Crippen LogP contribution in [-0.4, -0.2) is 47.6 Å². The highest BCUT2D eigenvalue weighted by Crippen LogP contribution is 2.15. The van der Waals surface area contributed by atoms with Gasteiger partial charge in [-0.25, -0.2) is 0 Å². The number of hydrogen-bond donors (Lipinski definition) is 2. The first-order valence-electron chi connectivity index (χ1n) is 21.6. The molecule has 0 aromatic carbocycles. The third-order valence-corrected chi connectivity index (χ3v) is 9.48. The first-order chi connectivity index (χ1) is 25.0. The lowest BCUT2D eigenvalue weighted by molar-refractivity contribution is -0.152. The van der Waals surface area contributed by atoms with Crippen molar-refractivity contribution in [3.63, 3.8) is 0 Å². The van der Waals surface area contributed by atoms with Crippen molar-refractivity contribution in [2.45, 2.75) is 225 Å². The maximum Gasteiger partial charge on any atom is 0.305 e. The molecule has 0 rings (SSSR count). The van der Waals surface area contributed by atoms with Gasteiger partial charge in [0, 0.05) is 12.8 Å². The molecule has 0 amide bonds. The van der Waals surface area contributed by atoms with Crippen LogP contribution in [-0.2, 0) is 19.1 Å². The zero-order valence-corrected chi connectivity index (χ0v) is 33.5. The van der Waals surface area contributed by atoms with Gasteiger partial charge in [0.05, 0.1) is 6.10 Å². The molecular weight excluding hydrogens is 636 g/mol. The molecule has 6 heteroatoms. The van der Waals surface area contributed by atoms with Gasteiger partial charge in [-0.1, -0.05) is 198 Å². The molecule has 51 heavy (non-hydrogen) atoms. The van der Waals surface area contributed by atoms with Crippen molar-refractivity contribution >= 4 is 11.9 Å². The molecule has 2 atom stereocenters. The van der Waals surface area contributed by atoms with Crippen LogP contribution in [0.1, 0.15) is 213 Å². The summed E-state index contributed by atoms with van der Waals surface area (Å²) in [6.07, 6.45) is 46.7. The van der Waals surface area contributed by atoms with Crippen molar-refractivity contribution in [2.24, 2.45) is 0 Å². The molecule has 298 valence electrons. The topological polar surface area (TPSA) is 93.1 Å². The average Bonchev–Trinajstić information content (AvgIpc) is 3.12. The number of ether oxygens (including phenoxy) is 2. The van der Waals surface area contributed by atoms with Crippen LogP contribution >= 0.6 is 0 Å². The van der Waals surface area contributed by atoms with Crippen LogP contribution in [0, 0.1) is 0 Å². The molecule has 0 fully saturated rings. The largest absolute Gasteiger partial charge is 0.463 e. The van der Waals surface area contributed by atoms with Gasteiger partial charge in [-0.2, -0.15) is 0 Å². The lowest BCUT2D eigenvalue weighted by atomic mass is 10.0. The lowest BCUT2D eigenvalue weighted by Gasteiger charge is -2.12. The Hall–Kier alpha value is -1.92. The van der Waals surface area contributed by atoms with Crippen LogP contribution in [0.3, 0.4) is 0 Å². The van der Waals surface area contributed by atoms with Crippen molar-refractivity contribution in [1.82, 2.24) is 0 Å². The normalized spacial score (nSPS) is 13.1. The molecule has 0 aromatic heterocycles. The summed E-state index contributed by atoms with van der Waals surface area (Å²) in [4.78, 5) is 24.0. The van der Waals surface area contributed by atoms with E-state index in [1.165, 1.54) is 141 Å². The second kappa shape index (κ2) is 40.8. The summed E-state index contributed by atoms with van der Waals surface area (Å²) < 4.78 is 10.3. The molecule has 0 bridgehead atoms. The Kier molecular flexibility index (Phi) is 39.3. The molecule has 0 aromatic rings. The van der Waals surface area contributed by atoms with Gasteiger partial charge in [0.25, 0.3) is 0 Å². The van der Waals surface area contributed by atoms with E-state index in [9.17, 15) is 19.8 Å². The fourth-order valence-corrected chi connectivity index (χ4v) is 6.15. The molecule has 0 heterocycles. The van der Waals surface area contributed by atoms with E-state index in [1.807, 2.05) is 12.2 Å². The smallest absolute Gasteiger partial charge is 0.305 e. The van der Waals surface area contributed by atoms with Gasteiger partial charge in [-0.3, -0.25) is 9.59 Å². The van der Waals surface area contributed by atoms with Gasteiger partial charge >= 0.3 is 11.9 Å². The van der Waals surface area contributed by atoms with Crippen LogP contribution < -0.4 is 0 Å². The predicted octanol–water partition coefficient (Wildman–Crippen LogP) is 12.6. The predicted molar refractivity (Wildman–Crippen MR) is 216 cm³/mol. The van der Waals surface area contributed by atoms with Gasteiger partial charge in [0.1, 0.15) is 19.3 Å². The van der Waals surface area contributed by atoms with Crippen molar-refractivity contribution in [3.05, 3.63) is 36.5 Å². The molecule has 2 N–H and O–H groups in total. The first-order valence-corrected chi connectivity index (χ1v) is 21.6. The quantitative estimate of drug-likeness (QED) is 0.0284. The van der Waals surface area contributed by atoms with Crippen molar-refractivity contribution in [3.8, 4) is 0 Å². The standard InChI is InChI=1S/C45H82O6/c1-3-5-7-9-11-13-15-17-18-19-20-21-22-24-26-28-30-32-34-38-44(48)50-40-43(47)41-51-45(49)39-35-37-42(46)36-33-31-29-27-25-23-16-14-12-10-8-6-4-2/h23,25,29,31,33,36,42-43,46-47H,3-22,24,26-28,30,32,34-35,37-41H2,1-2H3/b25-23+,31-29+,36-33+/t42?,43-/m0/s1. The van der Waals surface area contributed by atoms with Crippen LogP contribution in [0.2, 0.25) is 0 Å². The van der Waals surface area contributed by atoms with E-state index in [2.05, 4.69) is 32.1 Å². The first kappa shape index (κ1) is 49.1. The second-order valence-corrected chi connectivity index (χ2v) is 14.7. The summed E-state index contributed by atoms with van der Waals surface area (Å²) in [6.45, 7) is 4.15. The van der Waals surface area contributed by atoms with E-state index in [4.69, 9.17) is 9.47 Å². The Morgan fingerprint density at radius 2 is 0.902 bits per heavy atom. The van der Waals surface area contributed by atoms with Crippen LogP contribution in [0.5, 0.6) is 0 Å². The number of carbonyl (C=O) groups is 2. The fourth-order valence-electron chi connectivity index (χ4n) is 6.15. The third kappa shape index (κ3) is 40.7. The van der Waals surface area contributed by atoms with E-state index in [0.29, 0.717) is 19.3 Å². The second-order valence-electron chi connectivity index (χ2n) is 14.7. The van der Waals surface area contributed by atoms with Crippen molar-refractivity contribution in [1.29, 1.82) is 0 Å². The van der Waals surface area contributed by atoms with Gasteiger partial charge in [-0.15, -0.1) is 0 Å². The van der Waals surface area contributed by atoms with E-state index < -0.39 is 18.2 Å². The van der Waals surface area contributed by atoms with E-state index in [-0.39, 0.29) is 25.6 Å². The Morgan fingerprint density at radius 1 is 0.490 bits per heavy atom. The van der Waals surface area contributed by atoms with E-state index >= 15 is 0 Å². The summed E-state index contributed by atoms with van der Waals surface area (Å²) in [7, 11) is 0. The highest BCUT2D eigenvalue weighted by molar-refractivity contribution is 5.69. The van der Waals surface area contributed by atoms with Crippen LogP contribution in [0.15, 0.2) is 36.5 Å². The summed E-state index contributed by atoms with van der Waals surface area (Å²) in [6, 6.07) is 0. The molecule has 0 aliphatic carbocycles. The molecular formula is C45H82O6. The minimum Gasteiger partial charge on any atom is -0.463 e. The zero-order chi connectivity index (χ0) is 37.3. The SMILES string of the molecule is CCCCCCCC/C=C/C/C=C/C=C/C(O)CCCC(=O)OC[C@@H](O)COC(=O)CCCCCCCCCCCCCCCCCCCCC. The minimum atomic E-state index is -1.03. The number of unbranched alkanes of at least 4 members (excludes halogenated alkanes) is 24. The fraction of sp³-hybridized carbons (Fsp3) is 0.822. The molecule has 0 saturated heterocycles. The molecule has 0 spiro atoms. The van der Waals surface area contributed by atoms with E-state index in [0.717, 1.165) is 32.1 Å². The Balaban J connectivity index is 3.55. The molecule has 0 radical (unpaired) electrons. The minimum absolute atomic E-state index is 0.163. The van der Waals surface area contributed by atoms with Crippen LogP contribution in [0.25, 0.3) is 0 Å². The van der Waals surface area contributed by atoms with Gasteiger partial charge in [-0.05, 0) is 38.5 Å². The summed E-state index contributed by atoms with van der Waals surface area (Å²) in [5.74, 6) is -0.748. The monoisotopic (exact) mass is 719 g/mol. The van der Waals surface area contributed by atoms with Crippen molar-refractivity contribution in [2.75, 3.05) is 13.2 Å². The molecule has 0 aliphatic rings. The molecule has 0 aliphatic heterocycles. The average molecular weight is 719 g/mol. The molecule has 1 unspecified atom stereocenters. The number of aliphatic hydroxyl groups is 2. The number of rotatable bonds is 39. The van der Waals surface area contributed by atoms with Gasteiger partial charge in [0.2, 0.25) is 0 Å². The molecule has 0 saturated carbocycles. The summed E-state index contributed by atoms with van der Waals surface area (Å²) >= 11 is 0. The Bertz CT molecular complexity index is 835. The zero-order valence-electron chi connectivity index (χ0n) is 33.5. The summed E-state index contributed by atoms with van der Waals surface area (Å²) in [5, 5.41) is 20.1. The number of allylic oxidation sites excluding steroid dienone is 5. The van der Waals surface area contributed by atoms with E-state index in [1.54, 1.807) is 6.08 Å². The number of esters is 2. The van der Waals surface area contributed by atoms with Gasteiger partial charge in [0.15, 0.2) is 0 Å². The molecule has 6 nitrogen and oxygen atoms in total. The number of aliphatic hydroxyl groups excluding tert-OH is 2. The van der Waals surface area contributed by atoms with Crippen LogP contribution in [0.4, 0.5) is 0 Å². The highest BCUT2D eigenvalue weighted by atomic mass is 16.6. The number of carbonyl (C=O) groups excluding carboxylic acids is 2. The lowest BCUT2D eigenvalue weighted by Crippen LogP contribution is -2.25. The Morgan fingerprint density at radius 3 is 1.37 bits per heavy atom. The Labute approximate surface area is 315 Å². The van der Waals surface area contributed by atoms with Gasteiger partial charge < -0.3 is 19.7 Å². The third-order valence-electron chi connectivity index (χ3n) is 9.48. The van der Waals surface area contributed by atoms with Crippen molar-refractivity contribution < 1.29 is 29.3 Å².